The van der Waals surface area contributed by atoms with E-state index >= 15 is 0 Å². The Bertz CT molecular complexity index is 1000. The lowest BCUT2D eigenvalue weighted by atomic mass is 10.1. The van der Waals surface area contributed by atoms with E-state index in [-0.39, 0.29) is 11.5 Å². The van der Waals surface area contributed by atoms with Gasteiger partial charge < -0.3 is 9.42 Å². The summed E-state index contributed by atoms with van der Waals surface area (Å²) >= 11 is 1.50. The SMILES string of the molecule is CC(=O)N1CCc2c(sc3ncn(Cc4cc(C)on4)c(=O)c23)C1. The molecule has 0 fully saturated rings. The standard InChI is InChI=1S/C16H16N4O3S/c1-9-5-11(18-23-9)6-20-8-17-15-14(16(20)22)12-3-4-19(10(2)21)7-13(12)24-15/h5,8H,3-4,6-7H2,1-2H3. The molecule has 0 N–H and O–H groups in total. The highest BCUT2D eigenvalue weighted by Crippen LogP contribution is 2.32. The molecule has 0 radical (unpaired) electrons. The molecular formula is C16H16N4O3S. The molecule has 24 heavy (non-hydrogen) atoms. The van der Waals surface area contributed by atoms with Crippen LogP contribution in [0.3, 0.4) is 0 Å². The van der Waals surface area contributed by atoms with Crippen LogP contribution in [0.4, 0.5) is 0 Å². The third kappa shape index (κ3) is 2.43. The van der Waals surface area contributed by atoms with Gasteiger partial charge in [-0.25, -0.2) is 4.98 Å². The van der Waals surface area contributed by atoms with Crippen molar-refractivity contribution in [3.8, 4) is 0 Å². The molecule has 3 aromatic heterocycles. The molecule has 7 nitrogen and oxygen atoms in total. The summed E-state index contributed by atoms with van der Waals surface area (Å²) < 4.78 is 6.61. The Morgan fingerprint density at radius 2 is 2.29 bits per heavy atom. The van der Waals surface area contributed by atoms with Gasteiger partial charge in [-0.3, -0.25) is 14.2 Å². The second-order valence-electron chi connectivity index (χ2n) is 5.98. The van der Waals surface area contributed by atoms with Gasteiger partial charge in [0, 0.05) is 24.4 Å². The Morgan fingerprint density at radius 1 is 1.46 bits per heavy atom. The average Bonchev–Trinajstić information content (AvgIpc) is 3.12. The lowest BCUT2D eigenvalue weighted by molar-refractivity contribution is -0.129. The first kappa shape index (κ1) is 15.1. The summed E-state index contributed by atoms with van der Waals surface area (Å²) in [7, 11) is 0. The molecule has 0 unspecified atom stereocenters. The van der Waals surface area contributed by atoms with Gasteiger partial charge in [0.05, 0.1) is 24.8 Å². The van der Waals surface area contributed by atoms with Crippen molar-refractivity contribution in [2.75, 3.05) is 6.54 Å². The van der Waals surface area contributed by atoms with Crippen molar-refractivity contribution < 1.29 is 9.32 Å². The Hall–Kier alpha value is -2.48. The fraction of sp³-hybridized carbons (Fsp3) is 0.375. The number of aryl methyl sites for hydroxylation is 1. The molecule has 1 amide bonds. The minimum Gasteiger partial charge on any atom is -0.361 e. The molecule has 0 aromatic carbocycles. The van der Waals surface area contributed by atoms with Gasteiger partial charge in [0.15, 0.2) is 0 Å². The summed E-state index contributed by atoms with van der Waals surface area (Å²) in [5.74, 6) is 0.772. The van der Waals surface area contributed by atoms with Crippen LogP contribution in [0.25, 0.3) is 10.2 Å². The number of aromatic nitrogens is 3. The van der Waals surface area contributed by atoms with Crippen LogP contribution in [0.15, 0.2) is 21.7 Å². The highest BCUT2D eigenvalue weighted by atomic mass is 32.1. The molecule has 0 spiro atoms. The maximum absolute atomic E-state index is 12.9. The zero-order valence-corrected chi connectivity index (χ0v) is 14.2. The fourth-order valence-corrected chi connectivity index (χ4v) is 4.26. The first-order valence-electron chi connectivity index (χ1n) is 7.70. The number of carbonyl (C=O) groups excluding carboxylic acids is 1. The van der Waals surface area contributed by atoms with Gasteiger partial charge in [-0.05, 0) is 18.9 Å². The van der Waals surface area contributed by atoms with Crippen molar-refractivity contribution in [1.29, 1.82) is 0 Å². The number of carbonyl (C=O) groups is 1. The van der Waals surface area contributed by atoms with Crippen LogP contribution in [0, 0.1) is 6.92 Å². The van der Waals surface area contributed by atoms with Crippen molar-refractivity contribution in [2.45, 2.75) is 33.4 Å². The summed E-state index contributed by atoms with van der Waals surface area (Å²) in [6, 6.07) is 1.81. The van der Waals surface area contributed by atoms with Crippen molar-refractivity contribution in [3.05, 3.63) is 44.6 Å². The van der Waals surface area contributed by atoms with Gasteiger partial charge in [0.25, 0.3) is 5.56 Å². The zero-order valence-electron chi connectivity index (χ0n) is 13.4. The van der Waals surface area contributed by atoms with Crippen LogP contribution >= 0.6 is 11.3 Å². The maximum atomic E-state index is 12.9. The predicted octanol–water partition coefficient (Wildman–Crippen LogP) is 1.71. The summed E-state index contributed by atoms with van der Waals surface area (Å²) in [6.45, 7) is 4.93. The number of rotatable bonds is 2. The molecule has 0 bridgehead atoms. The van der Waals surface area contributed by atoms with Crippen molar-refractivity contribution in [3.63, 3.8) is 0 Å². The van der Waals surface area contributed by atoms with Crippen LogP contribution in [0.5, 0.6) is 0 Å². The number of hydrogen-bond acceptors (Lipinski definition) is 6. The second kappa shape index (κ2) is 5.55. The zero-order chi connectivity index (χ0) is 16.8. The number of fused-ring (bicyclic) bond motifs is 3. The van der Waals surface area contributed by atoms with Crippen molar-refractivity contribution >= 4 is 27.5 Å². The van der Waals surface area contributed by atoms with E-state index in [1.165, 1.54) is 11.3 Å². The highest BCUT2D eigenvalue weighted by Gasteiger charge is 2.25. The minimum atomic E-state index is -0.0607. The van der Waals surface area contributed by atoms with Crippen LogP contribution in [0.2, 0.25) is 0 Å². The van der Waals surface area contributed by atoms with Gasteiger partial charge in [0.2, 0.25) is 5.91 Å². The first-order valence-corrected chi connectivity index (χ1v) is 8.52. The molecule has 4 rings (SSSR count). The van der Waals surface area contributed by atoms with Crippen molar-refractivity contribution in [1.82, 2.24) is 19.6 Å². The Balaban J connectivity index is 1.76. The molecule has 0 atom stereocenters. The van der Waals surface area contributed by atoms with Crippen LogP contribution in [-0.2, 0) is 24.3 Å². The lowest BCUT2D eigenvalue weighted by Crippen LogP contribution is -2.34. The predicted molar refractivity (Wildman–Crippen MR) is 89.0 cm³/mol. The van der Waals surface area contributed by atoms with Crippen LogP contribution < -0.4 is 5.56 Å². The topological polar surface area (TPSA) is 81.2 Å². The molecular weight excluding hydrogens is 328 g/mol. The summed E-state index contributed by atoms with van der Waals surface area (Å²) in [5, 5.41) is 4.61. The maximum Gasteiger partial charge on any atom is 0.262 e. The number of amides is 1. The van der Waals surface area contributed by atoms with E-state index in [0.29, 0.717) is 42.9 Å². The van der Waals surface area contributed by atoms with E-state index < -0.39 is 0 Å². The van der Waals surface area contributed by atoms with E-state index in [1.807, 2.05) is 13.0 Å². The van der Waals surface area contributed by atoms with Crippen LogP contribution in [0.1, 0.15) is 28.8 Å². The van der Waals surface area contributed by atoms with E-state index in [9.17, 15) is 9.59 Å². The van der Waals surface area contributed by atoms with Gasteiger partial charge in [-0.2, -0.15) is 0 Å². The molecule has 1 aliphatic heterocycles. The summed E-state index contributed by atoms with van der Waals surface area (Å²) in [6.07, 6.45) is 2.25. The highest BCUT2D eigenvalue weighted by molar-refractivity contribution is 7.18. The largest absolute Gasteiger partial charge is 0.361 e. The van der Waals surface area contributed by atoms with E-state index in [0.717, 1.165) is 15.3 Å². The minimum absolute atomic E-state index is 0.0601. The third-order valence-electron chi connectivity index (χ3n) is 4.28. The Kier molecular flexibility index (Phi) is 3.49. The second-order valence-corrected chi connectivity index (χ2v) is 7.06. The molecule has 8 heteroatoms. The summed E-state index contributed by atoms with van der Waals surface area (Å²) in [4.78, 5) is 32.5. The molecule has 0 saturated carbocycles. The number of thiophene rings is 1. The normalized spacial score (nSPS) is 14.2. The summed E-state index contributed by atoms with van der Waals surface area (Å²) in [5.41, 5.74) is 1.67. The molecule has 3 aromatic rings. The monoisotopic (exact) mass is 344 g/mol. The lowest BCUT2D eigenvalue weighted by Gasteiger charge is -2.25. The molecule has 0 saturated heterocycles. The first-order chi connectivity index (χ1) is 11.5. The van der Waals surface area contributed by atoms with Gasteiger partial charge >= 0.3 is 0 Å². The van der Waals surface area contributed by atoms with Gasteiger partial charge in [-0.1, -0.05) is 5.16 Å². The van der Waals surface area contributed by atoms with Gasteiger partial charge in [-0.15, -0.1) is 11.3 Å². The smallest absolute Gasteiger partial charge is 0.262 e. The molecule has 4 heterocycles. The van der Waals surface area contributed by atoms with E-state index in [4.69, 9.17) is 4.52 Å². The quantitative estimate of drug-likeness (QED) is 0.707. The molecule has 124 valence electrons. The molecule has 0 aliphatic carbocycles. The third-order valence-corrected chi connectivity index (χ3v) is 5.41. The fourth-order valence-electron chi connectivity index (χ4n) is 3.07. The Morgan fingerprint density at radius 3 is 3.00 bits per heavy atom. The van der Waals surface area contributed by atoms with E-state index in [2.05, 4.69) is 10.1 Å². The average molecular weight is 344 g/mol. The van der Waals surface area contributed by atoms with Crippen LogP contribution in [-0.4, -0.2) is 32.1 Å². The number of nitrogens with zero attached hydrogens (tertiary/aromatic N) is 4. The number of hydrogen-bond donors (Lipinski definition) is 0. The van der Waals surface area contributed by atoms with Crippen molar-refractivity contribution in [2.24, 2.45) is 0 Å². The molecule has 1 aliphatic rings. The van der Waals surface area contributed by atoms with Gasteiger partial charge in [0.1, 0.15) is 16.3 Å². The Labute approximate surface area is 141 Å². The van der Waals surface area contributed by atoms with E-state index in [1.54, 1.807) is 22.7 Å².